The van der Waals surface area contributed by atoms with Crippen molar-refractivity contribution in [3.63, 3.8) is 0 Å². The van der Waals surface area contributed by atoms with E-state index in [1.165, 1.54) is 12.1 Å². The van der Waals surface area contributed by atoms with Gasteiger partial charge in [-0.15, -0.1) is 0 Å². The number of ether oxygens (including phenoxy) is 1. The summed E-state index contributed by atoms with van der Waals surface area (Å²) in [5, 5.41) is 0. The van der Waals surface area contributed by atoms with Gasteiger partial charge in [-0.2, -0.15) is 0 Å². The SMILES string of the molecule is NC(=O)[C@]12CCOC[C@H]1CN(C(=O)c1cc(F)ccc1-n1ccnc1)C2. The van der Waals surface area contributed by atoms with Crippen LogP contribution in [0.5, 0.6) is 0 Å². The van der Waals surface area contributed by atoms with Crippen LogP contribution >= 0.6 is 0 Å². The molecule has 0 aliphatic carbocycles. The van der Waals surface area contributed by atoms with E-state index in [1.54, 1.807) is 34.3 Å². The third kappa shape index (κ3) is 2.57. The Hall–Kier alpha value is -2.74. The lowest BCUT2D eigenvalue weighted by atomic mass is 9.74. The number of amides is 2. The van der Waals surface area contributed by atoms with Gasteiger partial charge in [0.1, 0.15) is 5.82 Å². The number of nitrogens with two attached hydrogens (primary N) is 1. The molecule has 4 rings (SSSR count). The van der Waals surface area contributed by atoms with Gasteiger partial charge in [-0.05, 0) is 24.6 Å². The number of rotatable bonds is 3. The zero-order valence-corrected chi connectivity index (χ0v) is 14.1. The predicted molar refractivity (Wildman–Crippen MR) is 90.0 cm³/mol. The first-order valence-electron chi connectivity index (χ1n) is 8.46. The standard InChI is InChI=1S/C18H19FN4O3/c19-13-1-2-15(22-5-4-21-11-22)14(7-13)16(24)23-8-12-9-26-6-3-18(12,10-23)17(20)25/h1-2,4-5,7,11-12H,3,6,8-10H2,(H2,20,25)/t12-,18+/m1/s1. The third-order valence-electron chi connectivity index (χ3n) is 5.46. The lowest BCUT2D eigenvalue weighted by Gasteiger charge is -2.34. The summed E-state index contributed by atoms with van der Waals surface area (Å²) in [5.41, 5.74) is 5.66. The Labute approximate surface area is 149 Å². The second-order valence-electron chi connectivity index (χ2n) is 6.86. The summed E-state index contributed by atoms with van der Waals surface area (Å²) in [5.74, 6) is -1.37. The van der Waals surface area contributed by atoms with Crippen LogP contribution in [0.3, 0.4) is 0 Å². The molecule has 1 aromatic carbocycles. The van der Waals surface area contributed by atoms with Crippen LogP contribution in [0, 0.1) is 17.2 Å². The summed E-state index contributed by atoms with van der Waals surface area (Å²) >= 11 is 0. The molecular weight excluding hydrogens is 339 g/mol. The molecule has 0 radical (unpaired) electrons. The first-order chi connectivity index (χ1) is 12.5. The maximum absolute atomic E-state index is 13.8. The molecule has 2 saturated heterocycles. The van der Waals surface area contributed by atoms with Gasteiger partial charge in [0.05, 0.1) is 29.6 Å². The highest BCUT2D eigenvalue weighted by atomic mass is 19.1. The molecule has 2 atom stereocenters. The molecule has 0 saturated carbocycles. The predicted octanol–water partition coefficient (Wildman–Crippen LogP) is 0.975. The second-order valence-corrected chi connectivity index (χ2v) is 6.86. The second kappa shape index (κ2) is 6.21. The molecule has 2 N–H and O–H groups in total. The lowest BCUT2D eigenvalue weighted by Crippen LogP contribution is -2.48. The number of carbonyl (C=O) groups is 2. The summed E-state index contributed by atoms with van der Waals surface area (Å²) in [6, 6.07) is 4.06. The summed E-state index contributed by atoms with van der Waals surface area (Å²) in [4.78, 5) is 30.8. The molecule has 2 aliphatic heterocycles. The molecule has 1 aromatic heterocycles. The molecule has 26 heavy (non-hydrogen) atoms. The number of nitrogens with zero attached hydrogens (tertiary/aromatic N) is 3. The quantitative estimate of drug-likeness (QED) is 0.885. The first kappa shape index (κ1) is 16.7. The molecule has 7 nitrogen and oxygen atoms in total. The maximum atomic E-state index is 13.8. The molecule has 0 unspecified atom stereocenters. The van der Waals surface area contributed by atoms with E-state index in [-0.39, 0.29) is 23.9 Å². The number of benzene rings is 1. The van der Waals surface area contributed by atoms with E-state index in [0.29, 0.717) is 31.9 Å². The van der Waals surface area contributed by atoms with Gasteiger partial charge in [0.25, 0.3) is 5.91 Å². The number of fused-ring (bicyclic) bond motifs is 1. The van der Waals surface area contributed by atoms with Gasteiger partial charge in [0.2, 0.25) is 5.91 Å². The van der Waals surface area contributed by atoms with E-state index in [9.17, 15) is 14.0 Å². The molecule has 136 valence electrons. The van der Waals surface area contributed by atoms with Crippen LogP contribution in [-0.4, -0.2) is 52.6 Å². The van der Waals surface area contributed by atoms with Gasteiger partial charge in [0.15, 0.2) is 0 Å². The Kier molecular flexibility index (Phi) is 3.99. The minimum Gasteiger partial charge on any atom is -0.381 e. The van der Waals surface area contributed by atoms with Crippen molar-refractivity contribution in [1.82, 2.24) is 14.5 Å². The Bertz CT molecular complexity index is 854. The number of hydrogen-bond acceptors (Lipinski definition) is 4. The molecule has 2 aliphatic rings. The van der Waals surface area contributed by atoms with Crippen LogP contribution in [0.4, 0.5) is 4.39 Å². The lowest BCUT2D eigenvalue weighted by molar-refractivity contribution is -0.135. The molecule has 3 heterocycles. The minimum atomic E-state index is -0.767. The number of primary amides is 1. The van der Waals surface area contributed by atoms with E-state index < -0.39 is 17.1 Å². The molecule has 0 spiro atoms. The number of imidazole rings is 1. The van der Waals surface area contributed by atoms with E-state index >= 15 is 0 Å². The minimum absolute atomic E-state index is 0.136. The smallest absolute Gasteiger partial charge is 0.256 e. The molecule has 2 amide bonds. The van der Waals surface area contributed by atoms with Gasteiger partial charge in [-0.1, -0.05) is 0 Å². The average molecular weight is 358 g/mol. The van der Waals surface area contributed by atoms with Crippen LogP contribution in [0.25, 0.3) is 5.69 Å². The van der Waals surface area contributed by atoms with Gasteiger partial charge in [-0.3, -0.25) is 9.59 Å². The first-order valence-corrected chi connectivity index (χ1v) is 8.46. The Morgan fingerprint density at radius 2 is 2.23 bits per heavy atom. The van der Waals surface area contributed by atoms with Crippen LogP contribution in [0.1, 0.15) is 16.8 Å². The van der Waals surface area contributed by atoms with Crippen LogP contribution in [0.2, 0.25) is 0 Å². The Morgan fingerprint density at radius 3 is 2.92 bits per heavy atom. The largest absolute Gasteiger partial charge is 0.381 e. The normalized spacial score (nSPS) is 25.1. The Balaban J connectivity index is 1.69. The van der Waals surface area contributed by atoms with Crippen molar-refractivity contribution in [3.05, 3.63) is 48.3 Å². The molecular formula is C18H19FN4O3. The number of aromatic nitrogens is 2. The monoisotopic (exact) mass is 358 g/mol. The number of likely N-dealkylation sites (tertiary alicyclic amines) is 1. The van der Waals surface area contributed by atoms with Gasteiger partial charge >= 0.3 is 0 Å². The van der Waals surface area contributed by atoms with Crippen LogP contribution < -0.4 is 5.73 Å². The highest BCUT2D eigenvalue weighted by Crippen LogP contribution is 2.42. The molecule has 8 heteroatoms. The fourth-order valence-electron chi connectivity index (χ4n) is 3.98. The van der Waals surface area contributed by atoms with Crippen molar-refractivity contribution in [3.8, 4) is 5.69 Å². The van der Waals surface area contributed by atoms with Gasteiger partial charge < -0.3 is 19.9 Å². The van der Waals surface area contributed by atoms with E-state index in [0.717, 1.165) is 0 Å². The maximum Gasteiger partial charge on any atom is 0.256 e. The summed E-state index contributed by atoms with van der Waals surface area (Å²) in [7, 11) is 0. The summed E-state index contributed by atoms with van der Waals surface area (Å²) in [6.07, 6.45) is 5.31. The topological polar surface area (TPSA) is 90.5 Å². The Morgan fingerprint density at radius 1 is 1.38 bits per heavy atom. The summed E-state index contributed by atoms with van der Waals surface area (Å²) in [6.45, 7) is 1.43. The summed E-state index contributed by atoms with van der Waals surface area (Å²) < 4.78 is 21.0. The van der Waals surface area contributed by atoms with Crippen LogP contribution in [0.15, 0.2) is 36.9 Å². The third-order valence-corrected chi connectivity index (χ3v) is 5.46. The van der Waals surface area contributed by atoms with E-state index in [2.05, 4.69) is 4.98 Å². The van der Waals surface area contributed by atoms with Crippen molar-refractivity contribution in [2.24, 2.45) is 17.1 Å². The fourth-order valence-corrected chi connectivity index (χ4v) is 3.98. The zero-order valence-electron chi connectivity index (χ0n) is 14.1. The molecule has 2 aromatic rings. The fraction of sp³-hybridized carbons (Fsp3) is 0.389. The highest BCUT2D eigenvalue weighted by molar-refractivity contribution is 5.98. The highest BCUT2D eigenvalue weighted by Gasteiger charge is 2.53. The van der Waals surface area contributed by atoms with E-state index in [1.807, 2.05) is 0 Å². The number of carbonyl (C=O) groups excluding carboxylic acids is 2. The number of halogens is 1. The zero-order chi connectivity index (χ0) is 18.3. The molecule has 0 bridgehead atoms. The molecule has 2 fully saturated rings. The van der Waals surface area contributed by atoms with Crippen molar-refractivity contribution >= 4 is 11.8 Å². The van der Waals surface area contributed by atoms with Crippen LogP contribution in [-0.2, 0) is 9.53 Å². The average Bonchev–Trinajstić information content (AvgIpc) is 3.29. The van der Waals surface area contributed by atoms with Crippen molar-refractivity contribution < 1.29 is 18.7 Å². The van der Waals surface area contributed by atoms with Gasteiger partial charge in [0, 0.05) is 38.0 Å². The van der Waals surface area contributed by atoms with Crippen molar-refractivity contribution in [1.29, 1.82) is 0 Å². The van der Waals surface area contributed by atoms with Crippen molar-refractivity contribution in [2.45, 2.75) is 6.42 Å². The van der Waals surface area contributed by atoms with Gasteiger partial charge in [-0.25, -0.2) is 9.37 Å². The van der Waals surface area contributed by atoms with E-state index in [4.69, 9.17) is 10.5 Å². The van der Waals surface area contributed by atoms with Crippen molar-refractivity contribution in [2.75, 3.05) is 26.3 Å². The number of hydrogen-bond donors (Lipinski definition) is 1.